The van der Waals surface area contributed by atoms with E-state index >= 15 is 0 Å². The van der Waals surface area contributed by atoms with E-state index in [1.165, 1.54) is 0 Å². The van der Waals surface area contributed by atoms with Gasteiger partial charge in [-0.3, -0.25) is 4.79 Å². The Kier molecular flexibility index (Phi) is 3.92. The molecule has 1 aromatic heterocycles. The number of amides is 1. The molecule has 0 radical (unpaired) electrons. The van der Waals surface area contributed by atoms with Gasteiger partial charge in [-0.2, -0.15) is 0 Å². The molecule has 21 heavy (non-hydrogen) atoms. The first-order chi connectivity index (χ1) is 10.2. The normalized spacial score (nSPS) is 18.3. The highest BCUT2D eigenvalue weighted by Gasteiger charge is 2.34. The molecule has 110 valence electrons. The van der Waals surface area contributed by atoms with Gasteiger partial charge in [-0.25, -0.2) is 0 Å². The Labute approximate surface area is 128 Å². The van der Waals surface area contributed by atoms with E-state index < -0.39 is 0 Å². The molecule has 1 fully saturated rings. The Balaban J connectivity index is 1.88. The number of hydrogen-bond acceptors (Lipinski definition) is 4. The van der Waals surface area contributed by atoms with Gasteiger partial charge in [0.2, 0.25) is 5.91 Å². The average molecular weight is 303 g/mol. The summed E-state index contributed by atoms with van der Waals surface area (Å²) in [7, 11) is 1.65. The third-order valence-electron chi connectivity index (χ3n) is 3.50. The Bertz CT molecular complexity index is 652. The zero-order valence-electron chi connectivity index (χ0n) is 12.0. The van der Waals surface area contributed by atoms with Gasteiger partial charge in [-0.15, -0.1) is 11.8 Å². The molecule has 1 aliphatic heterocycles. The molecule has 2 heterocycles. The fraction of sp³-hybridized carbons (Fsp3) is 0.312. The summed E-state index contributed by atoms with van der Waals surface area (Å²) in [4.78, 5) is 14.0. The first kappa shape index (κ1) is 14.1. The maximum Gasteiger partial charge on any atom is 0.234 e. The highest BCUT2D eigenvalue weighted by molar-refractivity contribution is 8.00. The van der Waals surface area contributed by atoms with Crippen molar-refractivity contribution in [1.82, 2.24) is 4.90 Å². The van der Waals surface area contributed by atoms with Gasteiger partial charge in [0.05, 0.1) is 19.4 Å². The predicted octanol–water partition coefficient (Wildman–Crippen LogP) is 3.37. The highest BCUT2D eigenvalue weighted by Crippen LogP contribution is 2.43. The van der Waals surface area contributed by atoms with Crippen LogP contribution in [-0.2, 0) is 11.3 Å². The minimum Gasteiger partial charge on any atom is -0.496 e. The van der Waals surface area contributed by atoms with Gasteiger partial charge in [-0.1, -0.05) is 18.2 Å². The van der Waals surface area contributed by atoms with E-state index in [1.54, 1.807) is 18.9 Å². The third kappa shape index (κ3) is 2.78. The Morgan fingerprint density at radius 2 is 2.14 bits per heavy atom. The monoisotopic (exact) mass is 303 g/mol. The lowest BCUT2D eigenvalue weighted by molar-refractivity contribution is -0.128. The third-order valence-corrected chi connectivity index (χ3v) is 4.73. The molecule has 5 heteroatoms. The van der Waals surface area contributed by atoms with E-state index in [0.717, 1.165) is 22.8 Å². The topological polar surface area (TPSA) is 42.7 Å². The van der Waals surface area contributed by atoms with Gasteiger partial charge in [-0.05, 0) is 25.1 Å². The molecule has 0 bridgehead atoms. The second-order valence-electron chi connectivity index (χ2n) is 4.94. The minimum atomic E-state index is -0.0287. The maximum atomic E-state index is 12.2. The minimum absolute atomic E-state index is 0.0287. The van der Waals surface area contributed by atoms with Crippen LogP contribution in [0.3, 0.4) is 0 Å². The number of aryl methyl sites for hydroxylation is 1. The van der Waals surface area contributed by atoms with Gasteiger partial charge in [0.15, 0.2) is 0 Å². The number of para-hydroxylation sites is 1. The lowest BCUT2D eigenvalue weighted by Crippen LogP contribution is -2.27. The number of carbonyl (C=O) groups is 1. The van der Waals surface area contributed by atoms with Crippen LogP contribution in [0.2, 0.25) is 0 Å². The molecule has 0 N–H and O–H groups in total. The van der Waals surface area contributed by atoms with Crippen LogP contribution in [0.1, 0.15) is 22.5 Å². The van der Waals surface area contributed by atoms with Crippen molar-refractivity contribution in [3.63, 3.8) is 0 Å². The quantitative estimate of drug-likeness (QED) is 0.868. The number of hydrogen-bond donors (Lipinski definition) is 0. The molecule has 1 saturated heterocycles. The van der Waals surface area contributed by atoms with Gasteiger partial charge < -0.3 is 14.1 Å². The number of ether oxygens (including phenoxy) is 1. The van der Waals surface area contributed by atoms with E-state index in [4.69, 9.17) is 9.15 Å². The summed E-state index contributed by atoms with van der Waals surface area (Å²) < 4.78 is 11.0. The number of thioether (sulfide) groups is 1. The summed E-state index contributed by atoms with van der Waals surface area (Å²) in [5.41, 5.74) is 1.03. The van der Waals surface area contributed by atoms with Crippen LogP contribution in [0.4, 0.5) is 0 Å². The second kappa shape index (κ2) is 5.85. The van der Waals surface area contributed by atoms with Crippen LogP contribution >= 0.6 is 11.8 Å². The number of rotatable bonds is 4. The first-order valence-corrected chi connectivity index (χ1v) is 7.83. The van der Waals surface area contributed by atoms with E-state index in [1.807, 2.05) is 48.2 Å². The van der Waals surface area contributed by atoms with Crippen molar-refractivity contribution in [3.8, 4) is 5.75 Å². The van der Waals surface area contributed by atoms with Crippen molar-refractivity contribution in [2.75, 3.05) is 12.9 Å². The Morgan fingerprint density at radius 3 is 2.86 bits per heavy atom. The summed E-state index contributed by atoms with van der Waals surface area (Å²) in [5, 5.41) is -0.0287. The van der Waals surface area contributed by atoms with E-state index in [0.29, 0.717) is 12.3 Å². The molecule has 1 atom stereocenters. The standard InChI is InChI=1S/C16H17NO3S/c1-11-7-8-12(20-11)9-17-15(18)10-21-16(17)13-5-3-4-6-14(13)19-2/h3-8,16H,9-10H2,1-2H3. The van der Waals surface area contributed by atoms with Crippen molar-refractivity contribution >= 4 is 17.7 Å². The summed E-state index contributed by atoms with van der Waals surface area (Å²) in [5.74, 6) is 3.10. The first-order valence-electron chi connectivity index (χ1n) is 6.78. The van der Waals surface area contributed by atoms with Gasteiger partial charge in [0.1, 0.15) is 22.6 Å². The fourth-order valence-electron chi connectivity index (χ4n) is 2.49. The molecular formula is C16H17NO3S. The summed E-state index contributed by atoms with van der Waals surface area (Å²) in [6.07, 6.45) is 0. The number of furan rings is 1. The number of nitrogens with zero attached hydrogens (tertiary/aromatic N) is 1. The fourth-order valence-corrected chi connectivity index (χ4v) is 3.70. The number of methoxy groups -OCH3 is 1. The smallest absolute Gasteiger partial charge is 0.234 e. The molecule has 0 spiro atoms. The number of benzene rings is 1. The zero-order chi connectivity index (χ0) is 14.8. The second-order valence-corrected chi connectivity index (χ2v) is 6.01. The Hall–Kier alpha value is -1.88. The lowest BCUT2D eigenvalue weighted by Gasteiger charge is -2.24. The van der Waals surface area contributed by atoms with Crippen LogP contribution in [0, 0.1) is 6.92 Å². The van der Waals surface area contributed by atoms with Crippen molar-refractivity contribution in [1.29, 1.82) is 0 Å². The van der Waals surface area contributed by atoms with Crippen molar-refractivity contribution in [2.24, 2.45) is 0 Å². The van der Waals surface area contributed by atoms with Crippen molar-refractivity contribution < 1.29 is 13.9 Å². The van der Waals surface area contributed by atoms with Crippen molar-refractivity contribution in [2.45, 2.75) is 18.8 Å². The summed E-state index contributed by atoms with van der Waals surface area (Å²) in [6.45, 7) is 2.39. The van der Waals surface area contributed by atoms with Crippen LogP contribution < -0.4 is 4.74 Å². The molecule has 3 rings (SSSR count). The van der Waals surface area contributed by atoms with E-state index in [-0.39, 0.29) is 11.3 Å². The number of carbonyl (C=O) groups excluding carboxylic acids is 1. The van der Waals surface area contributed by atoms with Crippen molar-refractivity contribution in [3.05, 3.63) is 53.5 Å². The largest absolute Gasteiger partial charge is 0.496 e. The Morgan fingerprint density at radius 1 is 1.33 bits per heavy atom. The van der Waals surface area contributed by atoms with Gasteiger partial charge in [0.25, 0.3) is 0 Å². The highest BCUT2D eigenvalue weighted by atomic mass is 32.2. The summed E-state index contributed by atoms with van der Waals surface area (Å²) >= 11 is 1.62. The molecule has 1 aliphatic rings. The van der Waals surface area contributed by atoms with E-state index in [9.17, 15) is 4.79 Å². The van der Waals surface area contributed by atoms with Crippen LogP contribution in [0.15, 0.2) is 40.8 Å². The maximum absolute atomic E-state index is 12.2. The molecule has 0 saturated carbocycles. The van der Waals surface area contributed by atoms with Gasteiger partial charge in [0, 0.05) is 5.56 Å². The molecule has 1 unspecified atom stereocenters. The van der Waals surface area contributed by atoms with Gasteiger partial charge >= 0.3 is 0 Å². The zero-order valence-corrected chi connectivity index (χ0v) is 12.9. The molecule has 2 aromatic rings. The predicted molar refractivity (Wildman–Crippen MR) is 82.2 cm³/mol. The molecular weight excluding hydrogens is 286 g/mol. The van der Waals surface area contributed by atoms with Crippen LogP contribution in [-0.4, -0.2) is 23.7 Å². The summed E-state index contributed by atoms with van der Waals surface area (Å²) in [6, 6.07) is 11.7. The molecule has 4 nitrogen and oxygen atoms in total. The van der Waals surface area contributed by atoms with Crippen LogP contribution in [0.5, 0.6) is 5.75 Å². The lowest BCUT2D eigenvalue weighted by atomic mass is 10.1. The molecule has 1 aromatic carbocycles. The SMILES string of the molecule is COc1ccccc1C1SCC(=O)N1Cc1ccc(C)o1. The van der Waals surface area contributed by atoms with E-state index in [2.05, 4.69) is 0 Å². The van der Waals surface area contributed by atoms with Crippen LogP contribution in [0.25, 0.3) is 0 Å². The average Bonchev–Trinajstić information content (AvgIpc) is 3.06. The molecule has 0 aliphatic carbocycles. The molecule has 1 amide bonds.